The standard InChI is InChI=1S/C12H9Br2NO4S2/c13-7-1-4-20-12(7)21(16,17)15-9-6-11-10(5-8(9)14)18-2-3-19-11/h1,4-6,15H,2-3H2. The van der Waals surface area contributed by atoms with Gasteiger partial charge in [0.05, 0.1) is 5.69 Å². The van der Waals surface area contributed by atoms with Gasteiger partial charge in [-0.2, -0.15) is 0 Å². The molecule has 0 bridgehead atoms. The maximum atomic E-state index is 12.4. The van der Waals surface area contributed by atoms with Gasteiger partial charge in [0.2, 0.25) is 0 Å². The molecule has 1 N–H and O–H groups in total. The largest absolute Gasteiger partial charge is 0.486 e. The Bertz CT molecular complexity index is 789. The maximum absolute atomic E-state index is 12.4. The molecule has 2 aromatic rings. The molecule has 1 aliphatic heterocycles. The van der Waals surface area contributed by atoms with Gasteiger partial charge in [-0.1, -0.05) is 0 Å². The molecular weight excluding hydrogens is 446 g/mol. The van der Waals surface area contributed by atoms with E-state index >= 15 is 0 Å². The minimum absolute atomic E-state index is 0.226. The molecule has 0 radical (unpaired) electrons. The molecule has 0 amide bonds. The molecular formula is C12H9Br2NO4S2. The zero-order valence-electron chi connectivity index (χ0n) is 10.4. The summed E-state index contributed by atoms with van der Waals surface area (Å²) in [5.74, 6) is 1.11. The molecule has 9 heteroatoms. The maximum Gasteiger partial charge on any atom is 0.272 e. The first-order chi connectivity index (χ1) is 9.97. The van der Waals surface area contributed by atoms with E-state index in [1.807, 2.05) is 0 Å². The number of nitrogens with one attached hydrogen (secondary N) is 1. The minimum atomic E-state index is -3.65. The topological polar surface area (TPSA) is 64.6 Å². The van der Waals surface area contributed by atoms with Gasteiger partial charge in [-0.05, 0) is 43.3 Å². The van der Waals surface area contributed by atoms with Crippen molar-refractivity contribution in [3.63, 3.8) is 0 Å². The number of fused-ring (bicyclic) bond motifs is 1. The van der Waals surface area contributed by atoms with Crippen molar-refractivity contribution < 1.29 is 17.9 Å². The Morgan fingerprint density at radius 1 is 1.10 bits per heavy atom. The lowest BCUT2D eigenvalue weighted by Gasteiger charge is -2.20. The summed E-state index contributed by atoms with van der Waals surface area (Å²) in [5, 5.41) is 1.71. The third kappa shape index (κ3) is 3.05. The van der Waals surface area contributed by atoms with Crippen LogP contribution in [0.3, 0.4) is 0 Å². The Balaban J connectivity index is 1.97. The van der Waals surface area contributed by atoms with Gasteiger partial charge in [0.15, 0.2) is 15.7 Å². The first kappa shape index (κ1) is 15.1. The molecule has 21 heavy (non-hydrogen) atoms. The molecule has 0 aliphatic carbocycles. The van der Waals surface area contributed by atoms with Crippen molar-refractivity contribution in [3.05, 3.63) is 32.5 Å². The average Bonchev–Trinajstić information content (AvgIpc) is 2.86. The minimum Gasteiger partial charge on any atom is -0.486 e. The van der Waals surface area contributed by atoms with Crippen LogP contribution in [0.25, 0.3) is 0 Å². The Morgan fingerprint density at radius 2 is 1.76 bits per heavy atom. The zero-order chi connectivity index (χ0) is 15.0. The van der Waals surface area contributed by atoms with E-state index in [0.29, 0.717) is 39.3 Å². The highest BCUT2D eigenvalue weighted by Gasteiger charge is 2.22. The van der Waals surface area contributed by atoms with E-state index < -0.39 is 10.0 Å². The number of hydrogen-bond donors (Lipinski definition) is 1. The summed E-state index contributed by atoms with van der Waals surface area (Å²) in [6.45, 7) is 0.921. The molecule has 1 aromatic carbocycles. The fourth-order valence-corrected chi connectivity index (χ4v) is 5.77. The number of halogens is 2. The molecule has 112 valence electrons. The van der Waals surface area contributed by atoms with Gasteiger partial charge < -0.3 is 9.47 Å². The van der Waals surface area contributed by atoms with Crippen molar-refractivity contribution in [1.82, 2.24) is 0 Å². The van der Waals surface area contributed by atoms with Crippen LogP contribution in [-0.4, -0.2) is 21.6 Å². The number of anilines is 1. The second-order valence-electron chi connectivity index (χ2n) is 4.14. The monoisotopic (exact) mass is 453 g/mol. The molecule has 5 nitrogen and oxygen atoms in total. The lowest BCUT2D eigenvalue weighted by Crippen LogP contribution is -2.17. The van der Waals surface area contributed by atoms with E-state index in [2.05, 4.69) is 36.6 Å². The van der Waals surface area contributed by atoms with Crippen molar-refractivity contribution in [2.45, 2.75) is 4.21 Å². The van der Waals surface area contributed by atoms with Gasteiger partial charge in [0.25, 0.3) is 10.0 Å². The number of hydrogen-bond acceptors (Lipinski definition) is 5. The lowest BCUT2D eigenvalue weighted by molar-refractivity contribution is 0.171. The SMILES string of the molecule is O=S(=O)(Nc1cc2c(cc1Br)OCCO2)c1sccc1Br. The fourth-order valence-electron chi connectivity index (χ4n) is 1.80. The smallest absolute Gasteiger partial charge is 0.272 e. The Labute approximate surface area is 142 Å². The van der Waals surface area contributed by atoms with Crippen LogP contribution in [0, 0.1) is 0 Å². The van der Waals surface area contributed by atoms with Crippen LogP contribution in [0.5, 0.6) is 11.5 Å². The van der Waals surface area contributed by atoms with E-state index in [-0.39, 0.29) is 4.21 Å². The molecule has 1 aliphatic rings. The van der Waals surface area contributed by atoms with Gasteiger partial charge in [0.1, 0.15) is 13.2 Å². The van der Waals surface area contributed by atoms with Crippen LogP contribution >= 0.6 is 43.2 Å². The van der Waals surface area contributed by atoms with Crippen LogP contribution in [0.15, 0.2) is 36.7 Å². The quantitative estimate of drug-likeness (QED) is 0.764. The summed E-state index contributed by atoms with van der Waals surface area (Å²) in [6, 6.07) is 4.99. The van der Waals surface area contributed by atoms with Crippen molar-refractivity contribution in [1.29, 1.82) is 0 Å². The normalized spacial score (nSPS) is 14.0. The lowest BCUT2D eigenvalue weighted by atomic mass is 10.2. The highest BCUT2D eigenvalue weighted by molar-refractivity contribution is 9.11. The van der Waals surface area contributed by atoms with Gasteiger partial charge >= 0.3 is 0 Å². The van der Waals surface area contributed by atoms with Crippen molar-refractivity contribution in [3.8, 4) is 11.5 Å². The highest BCUT2D eigenvalue weighted by Crippen LogP contribution is 2.39. The third-order valence-electron chi connectivity index (χ3n) is 2.70. The van der Waals surface area contributed by atoms with Crippen LogP contribution in [0.2, 0.25) is 0 Å². The van der Waals surface area contributed by atoms with E-state index in [4.69, 9.17) is 9.47 Å². The molecule has 0 saturated heterocycles. The van der Waals surface area contributed by atoms with Crippen molar-refractivity contribution in [2.24, 2.45) is 0 Å². The molecule has 0 fully saturated rings. The summed E-state index contributed by atoms with van der Waals surface area (Å²) in [7, 11) is -3.65. The molecule has 3 rings (SSSR count). The predicted molar refractivity (Wildman–Crippen MR) is 88.0 cm³/mol. The van der Waals surface area contributed by atoms with Gasteiger partial charge in [-0.25, -0.2) is 8.42 Å². The second kappa shape index (κ2) is 5.79. The third-order valence-corrected chi connectivity index (χ3v) is 7.40. The van der Waals surface area contributed by atoms with Crippen LogP contribution in [0.4, 0.5) is 5.69 Å². The van der Waals surface area contributed by atoms with E-state index in [1.165, 1.54) is 0 Å². The van der Waals surface area contributed by atoms with Crippen LogP contribution in [0.1, 0.15) is 0 Å². The summed E-state index contributed by atoms with van der Waals surface area (Å²) >= 11 is 7.71. The van der Waals surface area contributed by atoms with Crippen LogP contribution in [-0.2, 0) is 10.0 Å². The summed E-state index contributed by atoms with van der Waals surface area (Å²) in [6.07, 6.45) is 0. The van der Waals surface area contributed by atoms with Gasteiger partial charge in [0, 0.05) is 21.1 Å². The molecule has 2 heterocycles. The zero-order valence-corrected chi connectivity index (χ0v) is 15.2. The number of sulfonamides is 1. The predicted octanol–water partition coefficient (Wildman–Crippen LogP) is 3.85. The van der Waals surface area contributed by atoms with E-state index in [0.717, 1.165) is 11.3 Å². The average molecular weight is 455 g/mol. The summed E-state index contributed by atoms with van der Waals surface area (Å²) in [4.78, 5) is 0. The highest BCUT2D eigenvalue weighted by atomic mass is 79.9. The number of ether oxygens (including phenoxy) is 2. The van der Waals surface area contributed by atoms with Crippen molar-refractivity contribution in [2.75, 3.05) is 17.9 Å². The molecule has 1 aromatic heterocycles. The summed E-state index contributed by atoms with van der Waals surface area (Å²) in [5.41, 5.74) is 0.402. The van der Waals surface area contributed by atoms with Gasteiger partial charge in [-0.15, -0.1) is 11.3 Å². The van der Waals surface area contributed by atoms with Crippen molar-refractivity contribution >= 4 is 58.9 Å². The molecule has 0 unspecified atom stereocenters. The van der Waals surface area contributed by atoms with Crippen LogP contribution < -0.4 is 14.2 Å². The first-order valence-electron chi connectivity index (χ1n) is 5.82. The van der Waals surface area contributed by atoms with Gasteiger partial charge in [-0.3, -0.25) is 4.72 Å². The number of rotatable bonds is 3. The Morgan fingerprint density at radius 3 is 2.38 bits per heavy atom. The fraction of sp³-hybridized carbons (Fsp3) is 0.167. The second-order valence-corrected chi connectivity index (χ2v) is 8.64. The van der Waals surface area contributed by atoms with E-state index in [1.54, 1.807) is 23.6 Å². The molecule has 0 atom stereocenters. The summed E-state index contributed by atoms with van der Waals surface area (Å²) < 4.78 is 39.6. The Hall–Kier alpha value is -0.770. The number of thiophene rings is 1. The van der Waals surface area contributed by atoms with E-state index in [9.17, 15) is 8.42 Å². The first-order valence-corrected chi connectivity index (χ1v) is 9.77. The molecule has 0 spiro atoms. The molecule has 0 saturated carbocycles. The Kier molecular flexibility index (Phi) is 4.17. The number of benzene rings is 1.